The molecular weight excluding hydrogens is 598 g/mol. The molecule has 3 aliphatic rings. The van der Waals surface area contributed by atoms with E-state index in [4.69, 9.17) is 0 Å². The summed E-state index contributed by atoms with van der Waals surface area (Å²) in [7, 11) is -4.53. The standard InChI is InChI=1S/C28H27F8NO4S/c29-17-6-8-18(9-7-17)42(40,41)25-13-12-19(24(39)37-22-2-1-3-23(22)38)21(25)10-4-15-14-16(5-11-20(15)25)26(30,27(31,32)33)28(34,35)36/h5-9,11,14,19,21-23,38H,1-4,10,12-13H2,(H,37,39)/t19-,21+,22-,23-,25-/m1/s1. The number of alkyl halides is 7. The van der Waals surface area contributed by atoms with Crippen molar-refractivity contribution in [3.8, 4) is 0 Å². The summed E-state index contributed by atoms with van der Waals surface area (Å²) in [6.07, 6.45) is -12.3. The average molecular weight is 626 g/mol. The van der Waals surface area contributed by atoms with Gasteiger partial charge in [0, 0.05) is 11.5 Å². The zero-order valence-electron chi connectivity index (χ0n) is 21.9. The van der Waals surface area contributed by atoms with Crippen LogP contribution < -0.4 is 5.32 Å². The van der Waals surface area contributed by atoms with Gasteiger partial charge < -0.3 is 10.4 Å². The number of amides is 1. The molecule has 2 saturated carbocycles. The first-order chi connectivity index (χ1) is 19.4. The predicted molar refractivity (Wildman–Crippen MR) is 133 cm³/mol. The number of sulfone groups is 1. The quantitative estimate of drug-likeness (QED) is 0.326. The molecule has 0 heterocycles. The highest BCUT2D eigenvalue weighted by molar-refractivity contribution is 7.92. The molecule has 5 atom stereocenters. The van der Waals surface area contributed by atoms with Crippen molar-refractivity contribution in [3.63, 3.8) is 0 Å². The van der Waals surface area contributed by atoms with Crippen molar-refractivity contribution in [2.75, 3.05) is 0 Å². The molecule has 14 heteroatoms. The van der Waals surface area contributed by atoms with Gasteiger partial charge in [-0.3, -0.25) is 4.79 Å². The van der Waals surface area contributed by atoms with Gasteiger partial charge in [-0.05, 0) is 86.3 Å². The third kappa shape index (κ3) is 4.51. The molecule has 3 aliphatic carbocycles. The first kappa shape index (κ1) is 30.7. The third-order valence-corrected chi connectivity index (χ3v) is 11.7. The van der Waals surface area contributed by atoms with Crippen LogP contribution in [0.25, 0.3) is 0 Å². The lowest BCUT2D eigenvalue weighted by Crippen LogP contribution is -2.51. The number of nitrogens with one attached hydrogen (secondary N) is 1. The van der Waals surface area contributed by atoms with Gasteiger partial charge in [0.25, 0.3) is 0 Å². The van der Waals surface area contributed by atoms with Crippen molar-refractivity contribution in [1.29, 1.82) is 0 Å². The van der Waals surface area contributed by atoms with Crippen LogP contribution >= 0.6 is 0 Å². The number of hydrogen-bond acceptors (Lipinski definition) is 4. The van der Waals surface area contributed by atoms with Crippen LogP contribution in [0.2, 0.25) is 0 Å². The normalized spacial score (nSPS) is 28.3. The number of carbonyl (C=O) groups excluding carboxylic acids is 1. The van der Waals surface area contributed by atoms with E-state index < -0.39 is 73.9 Å². The predicted octanol–water partition coefficient (Wildman–Crippen LogP) is 5.79. The van der Waals surface area contributed by atoms with Crippen LogP contribution in [0.15, 0.2) is 47.4 Å². The summed E-state index contributed by atoms with van der Waals surface area (Å²) in [5, 5.41) is 12.9. The summed E-state index contributed by atoms with van der Waals surface area (Å²) in [6, 6.07) is 4.75. The molecule has 0 saturated heterocycles. The van der Waals surface area contributed by atoms with Gasteiger partial charge in [0.2, 0.25) is 5.91 Å². The van der Waals surface area contributed by atoms with E-state index in [0.717, 1.165) is 30.3 Å². The Morgan fingerprint density at radius 1 is 0.905 bits per heavy atom. The molecule has 5 rings (SSSR count). The second kappa shape index (κ2) is 10.2. The van der Waals surface area contributed by atoms with Gasteiger partial charge in [-0.1, -0.05) is 18.2 Å². The molecular formula is C28H27F8NO4S. The number of aliphatic hydroxyl groups is 1. The lowest BCUT2D eigenvalue weighted by molar-refractivity contribution is -0.348. The van der Waals surface area contributed by atoms with Gasteiger partial charge in [-0.2, -0.15) is 26.3 Å². The SMILES string of the molecule is O=C(N[C@@H]1CCC[C@H]1O)[C@@H]1CC[C@@]2(S(=O)(=O)c3ccc(F)cc3)c3ccc(C(F)(C(F)(F)F)C(F)(F)F)cc3CC[C@@H]12. The first-order valence-electron chi connectivity index (χ1n) is 13.4. The number of benzene rings is 2. The molecule has 5 nitrogen and oxygen atoms in total. The molecule has 42 heavy (non-hydrogen) atoms. The van der Waals surface area contributed by atoms with Crippen LogP contribution in [-0.4, -0.2) is 43.9 Å². The van der Waals surface area contributed by atoms with Gasteiger partial charge in [-0.25, -0.2) is 17.2 Å². The molecule has 230 valence electrons. The van der Waals surface area contributed by atoms with Gasteiger partial charge in [-0.15, -0.1) is 0 Å². The summed E-state index contributed by atoms with van der Waals surface area (Å²) in [6.45, 7) is 0. The van der Waals surface area contributed by atoms with Crippen molar-refractivity contribution < 1.29 is 53.4 Å². The first-order valence-corrected chi connectivity index (χ1v) is 14.9. The maximum atomic E-state index is 14.9. The van der Waals surface area contributed by atoms with Crippen LogP contribution in [0.3, 0.4) is 0 Å². The van der Waals surface area contributed by atoms with Gasteiger partial charge >= 0.3 is 18.0 Å². The van der Waals surface area contributed by atoms with E-state index in [1.165, 1.54) is 0 Å². The van der Waals surface area contributed by atoms with E-state index in [-0.39, 0.29) is 41.7 Å². The fourth-order valence-electron chi connectivity index (χ4n) is 7.09. The van der Waals surface area contributed by atoms with E-state index in [2.05, 4.69) is 5.32 Å². The van der Waals surface area contributed by atoms with Gasteiger partial charge in [0.15, 0.2) is 9.84 Å². The van der Waals surface area contributed by atoms with Crippen molar-refractivity contribution in [2.45, 2.75) is 84.8 Å². The molecule has 0 aliphatic heterocycles. The van der Waals surface area contributed by atoms with E-state index in [0.29, 0.717) is 31.4 Å². The minimum absolute atomic E-state index is 0.0130. The smallest absolute Gasteiger partial charge is 0.391 e. The molecule has 2 N–H and O–H groups in total. The average Bonchev–Trinajstić information content (AvgIpc) is 3.51. The Morgan fingerprint density at radius 3 is 2.12 bits per heavy atom. The van der Waals surface area contributed by atoms with Crippen LogP contribution in [0.4, 0.5) is 35.1 Å². The number of aryl methyl sites for hydroxylation is 1. The number of halogens is 8. The summed E-state index contributed by atoms with van der Waals surface area (Å²) in [5.74, 6) is -3.12. The zero-order valence-corrected chi connectivity index (χ0v) is 22.7. The van der Waals surface area contributed by atoms with E-state index in [1.807, 2.05) is 0 Å². The van der Waals surface area contributed by atoms with E-state index >= 15 is 0 Å². The molecule has 0 bridgehead atoms. The second-order valence-electron chi connectivity index (χ2n) is 11.3. The third-order valence-electron chi connectivity index (χ3n) is 9.12. The van der Waals surface area contributed by atoms with Crippen molar-refractivity contribution >= 4 is 15.7 Å². The molecule has 2 aromatic carbocycles. The number of carbonyl (C=O) groups is 1. The Hall–Kier alpha value is -2.74. The van der Waals surface area contributed by atoms with Crippen LogP contribution in [0.1, 0.15) is 55.2 Å². The zero-order chi connectivity index (χ0) is 30.9. The van der Waals surface area contributed by atoms with Gasteiger partial charge in [0.1, 0.15) is 10.6 Å². The lowest BCUT2D eigenvalue weighted by Gasteiger charge is -2.42. The summed E-state index contributed by atoms with van der Waals surface area (Å²) in [4.78, 5) is 13.1. The highest BCUT2D eigenvalue weighted by Crippen LogP contribution is 2.60. The number of fused-ring (bicyclic) bond motifs is 3. The highest BCUT2D eigenvalue weighted by atomic mass is 32.2. The maximum absolute atomic E-state index is 14.9. The Balaban J connectivity index is 1.64. The number of rotatable bonds is 5. The number of hydrogen-bond donors (Lipinski definition) is 2. The second-order valence-corrected chi connectivity index (χ2v) is 13.5. The minimum atomic E-state index is -6.35. The Labute approximate surface area is 236 Å². The van der Waals surface area contributed by atoms with Crippen LogP contribution in [0.5, 0.6) is 0 Å². The molecule has 1 amide bonds. The topological polar surface area (TPSA) is 83.5 Å². The Bertz CT molecular complexity index is 1460. The summed E-state index contributed by atoms with van der Waals surface area (Å²) < 4.78 is 136. The van der Waals surface area contributed by atoms with Crippen LogP contribution in [-0.2, 0) is 31.5 Å². The maximum Gasteiger partial charge on any atom is 0.435 e. The molecule has 0 aromatic heterocycles. The molecule has 2 fully saturated rings. The van der Waals surface area contributed by atoms with Crippen molar-refractivity contribution in [3.05, 3.63) is 65.0 Å². The Morgan fingerprint density at radius 2 is 1.55 bits per heavy atom. The van der Waals surface area contributed by atoms with Gasteiger partial charge in [0.05, 0.1) is 17.0 Å². The van der Waals surface area contributed by atoms with E-state index in [9.17, 15) is 53.4 Å². The highest BCUT2D eigenvalue weighted by Gasteiger charge is 2.74. The monoisotopic (exact) mass is 625 g/mol. The van der Waals surface area contributed by atoms with Crippen LogP contribution in [0, 0.1) is 17.7 Å². The molecule has 2 aromatic rings. The largest absolute Gasteiger partial charge is 0.435 e. The Kier molecular flexibility index (Phi) is 7.44. The lowest BCUT2D eigenvalue weighted by atomic mass is 9.72. The van der Waals surface area contributed by atoms with E-state index in [1.54, 1.807) is 0 Å². The fourth-order valence-corrected chi connectivity index (χ4v) is 9.56. The number of aliphatic hydroxyl groups excluding tert-OH is 1. The summed E-state index contributed by atoms with van der Waals surface area (Å²) >= 11 is 0. The molecule has 0 unspecified atom stereocenters. The molecule has 0 spiro atoms. The van der Waals surface area contributed by atoms with Crippen molar-refractivity contribution in [1.82, 2.24) is 5.32 Å². The summed E-state index contributed by atoms with van der Waals surface area (Å²) in [5.41, 5.74) is -7.75. The van der Waals surface area contributed by atoms with Crippen molar-refractivity contribution in [2.24, 2.45) is 11.8 Å². The fraction of sp³-hybridized carbons (Fsp3) is 0.536. The minimum Gasteiger partial charge on any atom is -0.391 e. The molecule has 0 radical (unpaired) electrons.